The molecule has 1 heterocycles. The zero-order valence-corrected chi connectivity index (χ0v) is 6.62. The molecular formula is C7H13NO3. The highest BCUT2D eigenvalue weighted by atomic mass is 16.5. The third-order valence-corrected chi connectivity index (χ3v) is 1.79. The lowest BCUT2D eigenvalue weighted by Gasteiger charge is -2.09. The quantitative estimate of drug-likeness (QED) is 0.619. The maximum atomic E-state index is 10.1. The first-order chi connectivity index (χ1) is 5.18. The number of rotatable bonds is 3. The van der Waals surface area contributed by atoms with Crippen LogP contribution in [0.3, 0.4) is 0 Å². The second kappa shape index (κ2) is 3.69. The summed E-state index contributed by atoms with van der Waals surface area (Å²) < 4.78 is 5.09. The molecule has 1 aliphatic rings. The normalized spacial score (nSPS) is 25.7. The Morgan fingerprint density at radius 2 is 2.55 bits per heavy atom. The van der Waals surface area contributed by atoms with Crippen molar-refractivity contribution in [2.75, 3.05) is 26.7 Å². The minimum Gasteiger partial charge on any atom is -0.480 e. The fourth-order valence-corrected chi connectivity index (χ4v) is 1.22. The molecule has 0 spiro atoms. The number of carboxylic acid groups (broad SMARTS) is 1. The average Bonchev–Trinajstić information content (AvgIpc) is 2.31. The summed E-state index contributed by atoms with van der Waals surface area (Å²) in [6, 6.07) is 0. The van der Waals surface area contributed by atoms with Gasteiger partial charge in [-0.15, -0.1) is 0 Å². The molecule has 11 heavy (non-hydrogen) atoms. The molecule has 1 rings (SSSR count). The molecule has 0 aromatic carbocycles. The predicted molar refractivity (Wildman–Crippen MR) is 39.5 cm³/mol. The fraction of sp³-hybridized carbons (Fsp3) is 0.857. The van der Waals surface area contributed by atoms with Gasteiger partial charge in [0.1, 0.15) is 6.61 Å². The van der Waals surface area contributed by atoms with E-state index in [9.17, 15) is 4.79 Å². The molecule has 0 aliphatic carbocycles. The Hall–Kier alpha value is -0.610. The third kappa shape index (κ3) is 2.86. The summed E-state index contributed by atoms with van der Waals surface area (Å²) in [5.74, 6) is -0.889. The Bertz CT molecular complexity index is 149. The molecule has 64 valence electrons. The van der Waals surface area contributed by atoms with E-state index in [1.165, 1.54) is 0 Å². The fourth-order valence-electron chi connectivity index (χ4n) is 1.22. The van der Waals surface area contributed by atoms with Crippen LogP contribution in [0.2, 0.25) is 0 Å². The average molecular weight is 159 g/mol. The molecule has 1 fully saturated rings. The van der Waals surface area contributed by atoms with Gasteiger partial charge in [-0.1, -0.05) is 0 Å². The highest BCUT2D eigenvalue weighted by molar-refractivity contribution is 5.68. The molecule has 1 atom stereocenters. The van der Waals surface area contributed by atoms with Crippen molar-refractivity contribution >= 4 is 5.97 Å². The van der Waals surface area contributed by atoms with Gasteiger partial charge in [0.2, 0.25) is 0 Å². The van der Waals surface area contributed by atoms with Gasteiger partial charge in [0.25, 0.3) is 0 Å². The van der Waals surface area contributed by atoms with Crippen molar-refractivity contribution in [1.82, 2.24) is 4.90 Å². The van der Waals surface area contributed by atoms with Crippen molar-refractivity contribution in [3.05, 3.63) is 0 Å². The van der Waals surface area contributed by atoms with Gasteiger partial charge in [-0.05, 0) is 13.5 Å². The molecule has 1 N–H and O–H groups in total. The van der Waals surface area contributed by atoms with Gasteiger partial charge in [0, 0.05) is 13.1 Å². The Morgan fingerprint density at radius 1 is 1.82 bits per heavy atom. The Labute approximate surface area is 65.8 Å². The Morgan fingerprint density at radius 3 is 3.00 bits per heavy atom. The molecule has 0 saturated carbocycles. The maximum Gasteiger partial charge on any atom is 0.329 e. The standard InChI is InChI=1S/C7H13NO3/c1-8-3-2-6(4-8)11-5-7(9)10/h6H,2-5H2,1H3,(H,9,10). The SMILES string of the molecule is CN1CCC(OCC(=O)O)C1. The summed E-state index contributed by atoms with van der Waals surface area (Å²) in [6.45, 7) is 1.69. The molecule has 0 bridgehead atoms. The van der Waals surface area contributed by atoms with E-state index in [1.807, 2.05) is 7.05 Å². The van der Waals surface area contributed by atoms with Gasteiger partial charge in [-0.25, -0.2) is 4.79 Å². The lowest BCUT2D eigenvalue weighted by Crippen LogP contribution is -2.21. The van der Waals surface area contributed by atoms with Gasteiger partial charge in [-0.2, -0.15) is 0 Å². The van der Waals surface area contributed by atoms with Gasteiger partial charge in [0.05, 0.1) is 6.10 Å². The van der Waals surface area contributed by atoms with Crippen LogP contribution in [0.4, 0.5) is 0 Å². The van der Waals surface area contributed by atoms with E-state index in [2.05, 4.69) is 4.90 Å². The summed E-state index contributed by atoms with van der Waals surface area (Å²) in [5.41, 5.74) is 0. The molecule has 1 saturated heterocycles. The van der Waals surface area contributed by atoms with E-state index in [-0.39, 0.29) is 12.7 Å². The Balaban J connectivity index is 2.13. The zero-order valence-electron chi connectivity index (χ0n) is 6.62. The smallest absolute Gasteiger partial charge is 0.329 e. The molecule has 1 aliphatic heterocycles. The van der Waals surface area contributed by atoms with E-state index < -0.39 is 5.97 Å². The van der Waals surface area contributed by atoms with E-state index >= 15 is 0 Å². The minimum absolute atomic E-state index is 0.121. The first-order valence-corrected chi connectivity index (χ1v) is 3.70. The highest BCUT2D eigenvalue weighted by Crippen LogP contribution is 2.09. The van der Waals surface area contributed by atoms with Crippen LogP contribution in [0, 0.1) is 0 Å². The predicted octanol–water partition coefficient (Wildman–Crippen LogP) is -0.208. The van der Waals surface area contributed by atoms with Crippen molar-refractivity contribution in [2.24, 2.45) is 0 Å². The third-order valence-electron chi connectivity index (χ3n) is 1.79. The van der Waals surface area contributed by atoms with Gasteiger partial charge in [0.15, 0.2) is 0 Å². The molecule has 0 aromatic heterocycles. The van der Waals surface area contributed by atoms with Crippen molar-refractivity contribution < 1.29 is 14.6 Å². The summed E-state index contributed by atoms with van der Waals surface area (Å²) in [7, 11) is 2.00. The maximum absolute atomic E-state index is 10.1. The number of nitrogens with zero attached hydrogens (tertiary/aromatic N) is 1. The number of aliphatic carboxylic acids is 1. The molecule has 4 heteroatoms. The van der Waals surface area contributed by atoms with Crippen LogP contribution < -0.4 is 0 Å². The largest absolute Gasteiger partial charge is 0.480 e. The van der Waals surface area contributed by atoms with Gasteiger partial charge in [-0.3, -0.25) is 0 Å². The summed E-state index contributed by atoms with van der Waals surface area (Å²) in [4.78, 5) is 12.2. The number of likely N-dealkylation sites (N-methyl/N-ethyl adjacent to an activating group) is 1. The second-order valence-electron chi connectivity index (χ2n) is 2.88. The molecule has 1 unspecified atom stereocenters. The van der Waals surface area contributed by atoms with E-state index in [4.69, 9.17) is 9.84 Å². The number of likely N-dealkylation sites (tertiary alicyclic amines) is 1. The van der Waals surface area contributed by atoms with Crippen LogP contribution >= 0.6 is 0 Å². The van der Waals surface area contributed by atoms with Gasteiger partial charge >= 0.3 is 5.97 Å². The van der Waals surface area contributed by atoms with Crippen molar-refractivity contribution in [3.8, 4) is 0 Å². The molecule has 4 nitrogen and oxygen atoms in total. The summed E-state index contributed by atoms with van der Waals surface area (Å²) in [6.07, 6.45) is 1.07. The lowest BCUT2D eigenvalue weighted by molar-refractivity contribution is -0.144. The first kappa shape index (κ1) is 8.49. The second-order valence-corrected chi connectivity index (χ2v) is 2.88. The molecular weight excluding hydrogens is 146 g/mol. The highest BCUT2D eigenvalue weighted by Gasteiger charge is 2.20. The van der Waals surface area contributed by atoms with E-state index in [0.717, 1.165) is 19.5 Å². The van der Waals surface area contributed by atoms with E-state index in [0.29, 0.717) is 0 Å². The van der Waals surface area contributed by atoms with Crippen LogP contribution in [0.15, 0.2) is 0 Å². The zero-order chi connectivity index (χ0) is 8.27. The van der Waals surface area contributed by atoms with Crippen LogP contribution in [-0.2, 0) is 9.53 Å². The number of ether oxygens (including phenoxy) is 1. The summed E-state index contributed by atoms with van der Waals surface area (Å²) in [5, 5.41) is 8.30. The molecule has 0 aromatic rings. The number of carboxylic acids is 1. The molecule has 0 amide bonds. The first-order valence-electron chi connectivity index (χ1n) is 3.70. The number of hydrogen-bond acceptors (Lipinski definition) is 3. The monoisotopic (exact) mass is 159 g/mol. The summed E-state index contributed by atoms with van der Waals surface area (Å²) >= 11 is 0. The van der Waals surface area contributed by atoms with Crippen molar-refractivity contribution in [3.63, 3.8) is 0 Å². The van der Waals surface area contributed by atoms with Crippen LogP contribution in [-0.4, -0.2) is 48.8 Å². The van der Waals surface area contributed by atoms with Crippen LogP contribution in [0.5, 0.6) is 0 Å². The number of carbonyl (C=O) groups is 1. The minimum atomic E-state index is -0.889. The van der Waals surface area contributed by atoms with Crippen LogP contribution in [0.25, 0.3) is 0 Å². The lowest BCUT2D eigenvalue weighted by atomic mass is 10.3. The Kier molecular flexibility index (Phi) is 2.84. The van der Waals surface area contributed by atoms with Crippen molar-refractivity contribution in [1.29, 1.82) is 0 Å². The van der Waals surface area contributed by atoms with Gasteiger partial charge < -0.3 is 14.7 Å². The number of hydrogen-bond donors (Lipinski definition) is 1. The van der Waals surface area contributed by atoms with E-state index in [1.54, 1.807) is 0 Å². The topological polar surface area (TPSA) is 49.8 Å². The molecule has 0 radical (unpaired) electrons. The van der Waals surface area contributed by atoms with Crippen LogP contribution in [0.1, 0.15) is 6.42 Å². The van der Waals surface area contributed by atoms with Crippen molar-refractivity contribution in [2.45, 2.75) is 12.5 Å².